The van der Waals surface area contributed by atoms with Crippen molar-refractivity contribution in [3.63, 3.8) is 0 Å². The monoisotopic (exact) mass is 264 g/mol. The Morgan fingerprint density at radius 1 is 1.47 bits per heavy atom. The van der Waals surface area contributed by atoms with Crippen LogP contribution in [0.15, 0.2) is 18.3 Å². The van der Waals surface area contributed by atoms with Gasteiger partial charge in [-0.3, -0.25) is 9.59 Å². The van der Waals surface area contributed by atoms with Gasteiger partial charge < -0.3 is 15.0 Å². The fraction of sp³-hybridized carbons (Fsp3) is 0.571. The fourth-order valence-corrected chi connectivity index (χ4v) is 2.47. The number of nitrogens with zero attached hydrogens (tertiary/aromatic N) is 1. The van der Waals surface area contributed by atoms with Gasteiger partial charge in [0.25, 0.3) is 5.91 Å². The maximum absolute atomic E-state index is 12.1. The maximum atomic E-state index is 12.1. The number of carbonyl (C=O) groups is 2. The van der Waals surface area contributed by atoms with Crippen molar-refractivity contribution in [3.05, 3.63) is 24.0 Å². The Balaban J connectivity index is 1.97. The van der Waals surface area contributed by atoms with Gasteiger partial charge in [-0.15, -0.1) is 0 Å². The summed E-state index contributed by atoms with van der Waals surface area (Å²) in [6, 6.07) is 3.60. The summed E-state index contributed by atoms with van der Waals surface area (Å²) in [4.78, 5) is 23.3. The Labute approximate surface area is 112 Å². The zero-order valence-corrected chi connectivity index (χ0v) is 11.2. The summed E-state index contributed by atoms with van der Waals surface area (Å²) in [7, 11) is 0. The van der Waals surface area contributed by atoms with Crippen molar-refractivity contribution in [3.8, 4) is 0 Å². The Morgan fingerprint density at radius 3 is 2.74 bits per heavy atom. The lowest BCUT2D eigenvalue weighted by Gasteiger charge is -2.37. The molecule has 0 aromatic carbocycles. The van der Waals surface area contributed by atoms with E-state index in [1.54, 1.807) is 6.07 Å². The molecule has 0 saturated heterocycles. The van der Waals surface area contributed by atoms with Crippen LogP contribution in [0, 0.1) is 5.41 Å². The van der Waals surface area contributed by atoms with Gasteiger partial charge in [0.1, 0.15) is 5.69 Å². The van der Waals surface area contributed by atoms with Crippen molar-refractivity contribution in [2.45, 2.75) is 39.2 Å². The van der Waals surface area contributed by atoms with E-state index < -0.39 is 11.4 Å². The predicted octanol–water partition coefficient (Wildman–Crippen LogP) is 1.88. The molecule has 2 N–H and O–H groups in total. The predicted molar refractivity (Wildman–Crippen MR) is 71.0 cm³/mol. The first kappa shape index (κ1) is 13.6. The van der Waals surface area contributed by atoms with Crippen LogP contribution >= 0.6 is 0 Å². The quantitative estimate of drug-likeness (QED) is 0.824. The van der Waals surface area contributed by atoms with Crippen molar-refractivity contribution in [1.82, 2.24) is 9.88 Å². The first-order chi connectivity index (χ1) is 9.09. The number of hydrogen-bond acceptors (Lipinski definition) is 2. The highest BCUT2D eigenvalue weighted by Gasteiger charge is 2.44. The maximum Gasteiger partial charge on any atom is 0.311 e. The zero-order valence-electron chi connectivity index (χ0n) is 11.2. The average Bonchev–Trinajstić information content (AvgIpc) is 2.75. The highest BCUT2D eigenvalue weighted by molar-refractivity contribution is 5.93. The molecule has 1 aliphatic rings. The lowest BCUT2D eigenvalue weighted by atomic mass is 9.69. The zero-order chi connectivity index (χ0) is 13.9. The van der Waals surface area contributed by atoms with Gasteiger partial charge in [0.2, 0.25) is 0 Å². The van der Waals surface area contributed by atoms with Gasteiger partial charge in [-0.05, 0) is 31.4 Å². The smallest absolute Gasteiger partial charge is 0.311 e. The van der Waals surface area contributed by atoms with Gasteiger partial charge >= 0.3 is 5.97 Å². The van der Waals surface area contributed by atoms with Crippen molar-refractivity contribution >= 4 is 11.9 Å². The molecule has 1 saturated carbocycles. The minimum Gasteiger partial charge on any atom is -0.481 e. The van der Waals surface area contributed by atoms with Crippen LogP contribution in [-0.4, -0.2) is 28.1 Å². The molecule has 0 spiro atoms. The standard InChI is InChI=1S/C14H20N2O3/c1-2-8-16-9-3-5-11(16)12(17)15-10-14(13(18)19)6-4-7-14/h3,5,9H,2,4,6-8,10H2,1H3,(H,15,17)(H,18,19). The molecular weight excluding hydrogens is 244 g/mol. The molecule has 104 valence electrons. The molecule has 1 amide bonds. The summed E-state index contributed by atoms with van der Waals surface area (Å²) >= 11 is 0. The van der Waals surface area contributed by atoms with E-state index in [-0.39, 0.29) is 12.5 Å². The molecule has 5 heteroatoms. The molecule has 1 aromatic rings. The fourth-order valence-electron chi connectivity index (χ4n) is 2.47. The van der Waals surface area contributed by atoms with Crippen LogP contribution in [0.3, 0.4) is 0 Å². The summed E-state index contributed by atoms with van der Waals surface area (Å²) < 4.78 is 1.89. The van der Waals surface area contributed by atoms with Gasteiger partial charge in [-0.1, -0.05) is 13.3 Å². The number of aryl methyl sites for hydroxylation is 1. The lowest BCUT2D eigenvalue weighted by molar-refractivity contribution is -0.153. The van der Waals surface area contributed by atoms with Gasteiger partial charge in [0.05, 0.1) is 5.41 Å². The van der Waals surface area contributed by atoms with E-state index in [0.717, 1.165) is 19.4 Å². The second kappa shape index (κ2) is 5.47. The van der Waals surface area contributed by atoms with Crippen molar-refractivity contribution in [1.29, 1.82) is 0 Å². The van der Waals surface area contributed by atoms with Crippen molar-refractivity contribution in [2.24, 2.45) is 5.41 Å². The third kappa shape index (κ3) is 2.64. The molecule has 1 aliphatic carbocycles. The number of carbonyl (C=O) groups excluding carboxylic acids is 1. The van der Waals surface area contributed by atoms with E-state index in [2.05, 4.69) is 12.2 Å². The number of carboxylic acids is 1. The first-order valence-corrected chi connectivity index (χ1v) is 6.76. The summed E-state index contributed by atoms with van der Waals surface area (Å²) in [5.41, 5.74) is -0.139. The number of hydrogen-bond donors (Lipinski definition) is 2. The molecular formula is C14H20N2O3. The van der Waals surface area contributed by atoms with Crippen LogP contribution in [0.1, 0.15) is 43.1 Å². The molecule has 0 unspecified atom stereocenters. The van der Waals surface area contributed by atoms with Gasteiger partial charge in [0, 0.05) is 19.3 Å². The summed E-state index contributed by atoms with van der Waals surface area (Å²) in [6.45, 7) is 3.06. The number of nitrogens with one attached hydrogen (secondary N) is 1. The minimum atomic E-state index is -0.803. The van der Waals surface area contributed by atoms with Crippen LogP contribution in [0.25, 0.3) is 0 Å². The largest absolute Gasteiger partial charge is 0.481 e. The Bertz CT molecular complexity index is 475. The third-order valence-corrected chi connectivity index (χ3v) is 3.88. The number of amides is 1. The van der Waals surface area contributed by atoms with Crippen molar-refractivity contribution in [2.75, 3.05) is 6.54 Å². The Morgan fingerprint density at radius 2 is 2.21 bits per heavy atom. The molecule has 19 heavy (non-hydrogen) atoms. The molecule has 0 bridgehead atoms. The van der Waals surface area contributed by atoms with Crippen LogP contribution in [-0.2, 0) is 11.3 Å². The van der Waals surface area contributed by atoms with Crippen LogP contribution in [0.4, 0.5) is 0 Å². The minimum absolute atomic E-state index is 0.189. The number of aliphatic carboxylic acids is 1. The summed E-state index contributed by atoms with van der Waals surface area (Å²) in [5, 5.41) is 12.0. The lowest BCUT2D eigenvalue weighted by Crippen LogP contribution is -2.47. The van der Waals surface area contributed by atoms with Gasteiger partial charge in [-0.25, -0.2) is 0 Å². The van der Waals surface area contributed by atoms with Crippen LogP contribution in [0.5, 0.6) is 0 Å². The molecule has 1 fully saturated rings. The molecule has 1 heterocycles. The van der Waals surface area contributed by atoms with E-state index in [1.807, 2.05) is 16.8 Å². The van der Waals surface area contributed by atoms with Crippen LogP contribution in [0.2, 0.25) is 0 Å². The topological polar surface area (TPSA) is 71.3 Å². The Hall–Kier alpha value is -1.78. The number of aromatic nitrogens is 1. The van der Waals surface area contributed by atoms with Gasteiger partial charge in [-0.2, -0.15) is 0 Å². The Kier molecular flexibility index (Phi) is 3.93. The second-order valence-electron chi connectivity index (χ2n) is 5.21. The number of carboxylic acid groups (broad SMARTS) is 1. The van der Waals surface area contributed by atoms with E-state index in [1.165, 1.54) is 0 Å². The first-order valence-electron chi connectivity index (χ1n) is 6.76. The molecule has 5 nitrogen and oxygen atoms in total. The molecule has 0 atom stereocenters. The summed E-state index contributed by atoms with van der Waals surface area (Å²) in [6.07, 6.45) is 5.05. The molecule has 1 aromatic heterocycles. The summed E-state index contributed by atoms with van der Waals surface area (Å²) in [5.74, 6) is -0.992. The highest BCUT2D eigenvalue weighted by Crippen LogP contribution is 2.40. The SMILES string of the molecule is CCCn1cccc1C(=O)NCC1(C(=O)O)CCC1. The molecule has 2 rings (SSSR count). The molecule has 0 aliphatic heterocycles. The van der Waals surface area contributed by atoms with Crippen LogP contribution < -0.4 is 5.32 Å². The van der Waals surface area contributed by atoms with E-state index in [4.69, 9.17) is 0 Å². The second-order valence-corrected chi connectivity index (χ2v) is 5.21. The normalized spacial score (nSPS) is 16.7. The van der Waals surface area contributed by atoms with E-state index in [9.17, 15) is 14.7 Å². The van der Waals surface area contributed by atoms with Crippen molar-refractivity contribution < 1.29 is 14.7 Å². The van der Waals surface area contributed by atoms with E-state index in [0.29, 0.717) is 18.5 Å². The van der Waals surface area contributed by atoms with E-state index >= 15 is 0 Å². The van der Waals surface area contributed by atoms with Gasteiger partial charge in [0.15, 0.2) is 0 Å². The molecule has 0 radical (unpaired) electrons. The highest BCUT2D eigenvalue weighted by atomic mass is 16.4. The third-order valence-electron chi connectivity index (χ3n) is 3.88. The average molecular weight is 264 g/mol. The number of rotatable bonds is 6.